The van der Waals surface area contributed by atoms with Gasteiger partial charge in [-0.3, -0.25) is 9.59 Å². The molecule has 0 aliphatic carbocycles. The van der Waals surface area contributed by atoms with Crippen molar-refractivity contribution in [2.24, 2.45) is 11.7 Å². The fourth-order valence-electron chi connectivity index (χ4n) is 1.79. The molecular formula is C10H19N3O2. The van der Waals surface area contributed by atoms with E-state index in [2.05, 4.69) is 10.6 Å². The summed E-state index contributed by atoms with van der Waals surface area (Å²) >= 11 is 0. The average Bonchev–Trinajstić information content (AvgIpc) is 2.17. The van der Waals surface area contributed by atoms with E-state index in [-0.39, 0.29) is 30.2 Å². The summed E-state index contributed by atoms with van der Waals surface area (Å²) < 4.78 is 0. The van der Waals surface area contributed by atoms with Gasteiger partial charge in [0.15, 0.2) is 0 Å². The molecule has 0 radical (unpaired) electrons. The Morgan fingerprint density at radius 2 is 2.33 bits per heavy atom. The second-order valence-corrected chi connectivity index (χ2v) is 4.12. The van der Waals surface area contributed by atoms with Crippen LogP contribution in [0.3, 0.4) is 0 Å². The van der Waals surface area contributed by atoms with Crippen molar-refractivity contribution in [1.29, 1.82) is 0 Å². The first kappa shape index (κ1) is 12.0. The molecule has 2 atom stereocenters. The summed E-state index contributed by atoms with van der Waals surface area (Å²) in [5.74, 6) is -0.324. The van der Waals surface area contributed by atoms with Crippen LogP contribution in [-0.2, 0) is 9.59 Å². The zero-order valence-electron chi connectivity index (χ0n) is 9.08. The first-order chi connectivity index (χ1) is 7.09. The van der Waals surface area contributed by atoms with E-state index in [9.17, 15) is 9.59 Å². The fraction of sp³-hybridized carbons (Fsp3) is 0.800. The van der Waals surface area contributed by atoms with Crippen LogP contribution in [-0.4, -0.2) is 30.9 Å². The lowest BCUT2D eigenvalue weighted by molar-refractivity contribution is -0.126. The molecule has 4 N–H and O–H groups in total. The molecule has 0 bridgehead atoms. The molecule has 15 heavy (non-hydrogen) atoms. The van der Waals surface area contributed by atoms with Crippen molar-refractivity contribution < 1.29 is 9.59 Å². The Morgan fingerprint density at radius 1 is 1.60 bits per heavy atom. The molecule has 5 nitrogen and oxygen atoms in total. The third kappa shape index (κ3) is 4.29. The maximum Gasteiger partial charge on any atom is 0.224 e. The molecular weight excluding hydrogens is 194 g/mol. The van der Waals surface area contributed by atoms with Crippen molar-refractivity contribution in [1.82, 2.24) is 10.6 Å². The lowest BCUT2D eigenvalue weighted by atomic mass is 9.98. The molecule has 1 unspecified atom stereocenters. The van der Waals surface area contributed by atoms with Gasteiger partial charge in [-0.2, -0.15) is 0 Å². The zero-order valence-corrected chi connectivity index (χ0v) is 9.08. The number of rotatable bonds is 4. The predicted octanol–water partition coefficient (Wildman–Crippen LogP) is -0.634. The molecule has 0 saturated carbocycles. The Kier molecular flexibility index (Phi) is 4.55. The van der Waals surface area contributed by atoms with Gasteiger partial charge in [-0.25, -0.2) is 0 Å². The highest BCUT2D eigenvalue weighted by Gasteiger charge is 2.22. The van der Waals surface area contributed by atoms with E-state index in [0.717, 1.165) is 25.9 Å². The van der Waals surface area contributed by atoms with E-state index < -0.39 is 0 Å². The van der Waals surface area contributed by atoms with Crippen LogP contribution in [0.2, 0.25) is 0 Å². The van der Waals surface area contributed by atoms with Crippen molar-refractivity contribution in [2.45, 2.75) is 32.2 Å². The van der Waals surface area contributed by atoms with Gasteiger partial charge >= 0.3 is 0 Å². The van der Waals surface area contributed by atoms with Crippen LogP contribution in [0.1, 0.15) is 26.2 Å². The summed E-state index contributed by atoms with van der Waals surface area (Å²) in [6.07, 6.45) is 2.15. The van der Waals surface area contributed by atoms with Gasteiger partial charge in [0.25, 0.3) is 0 Å². The number of hydrogen-bond acceptors (Lipinski definition) is 3. The van der Waals surface area contributed by atoms with Gasteiger partial charge in [0, 0.05) is 19.0 Å². The molecule has 1 saturated heterocycles. The van der Waals surface area contributed by atoms with Crippen molar-refractivity contribution in [3.63, 3.8) is 0 Å². The minimum atomic E-state index is -0.385. The van der Waals surface area contributed by atoms with Gasteiger partial charge in [-0.15, -0.1) is 0 Å². The molecule has 0 spiro atoms. The second-order valence-electron chi connectivity index (χ2n) is 4.12. The summed E-state index contributed by atoms with van der Waals surface area (Å²) in [6.45, 7) is 3.51. The van der Waals surface area contributed by atoms with Crippen LogP contribution >= 0.6 is 0 Å². The van der Waals surface area contributed by atoms with Crippen LogP contribution in [0, 0.1) is 5.92 Å². The van der Waals surface area contributed by atoms with E-state index in [0.29, 0.717) is 0 Å². The van der Waals surface area contributed by atoms with Gasteiger partial charge in [0.2, 0.25) is 11.8 Å². The summed E-state index contributed by atoms with van der Waals surface area (Å²) in [5.41, 5.74) is 5.04. The van der Waals surface area contributed by atoms with Crippen LogP contribution in [0.4, 0.5) is 0 Å². The molecule has 0 aromatic carbocycles. The number of amides is 2. The average molecular weight is 213 g/mol. The van der Waals surface area contributed by atoms with Crippen LogP contribution in [0.15, 0.2) is 0 Å². The van der Waals surface area contributed by atoms with Gasteiger partial charge in [0.05, 0.1) is 5.92 Å². The molecule has 1 rings (SSSR count). The molecule has 1 aliphatic heterocycles. The van der Waals surface area contributed by atoms with Crippen molar-refractivity contribution >= 4 is 11.8 Å². The number of piperidine rings is 1. The third-order valence-electron chi connectivity index (χ3n) is 2.56. The molecule has 2 amide bonds. The highest BCUT2D eigenvalue weighted by Crippen LogP contribution is 2.10. The number of primary amides is 1. The van der Waals surface area contributed by atoms with Gasteiger partial charge in [-0.1, -0.05) is 0 Å². The topological polar surface area (TPSA) is 84.2 Å². The van der Waals surface area contributed by atoms with E-state index >= 15 is 0 Å². The predicted molar refractivity (Wildman–Crippen MR) is 57.0 cm³/mol. The maximum atomic E-state index is 11.7. The number of nitrogens with one attached hydrogen (secondary N) is 2. The second kappa shape index (κ2) is 5.70. The smallest absolute Gasteiger partial charge is 0.224 e. The standard InChI is InChI=1S/C10H19N3O2/c1-7(5-9(11)14)13-10(15)8-3-2-4-12-6-8/h7-8,12H,2-6H2,1H3,(H2,11,14)(H,13,15)/t7?,8-/m0/s1. The number of nitrogens with two attached hydrogens (primary N) is 1. The van der Waals surface area contributed by atoms with Crippen LogP contribution in [0.5, 0.6) is 0 Å². The van der Waals surface area contributed by atoms with E-state index in [1.807, 2.05) is 0 Å². The maximum absolute atomic E-state index is 11.7. The molecule has 1 fully saturated rings. The van der Waals surface area contributed by atoms with Gasteiger partial charge < -0.3 is 16.4 Å². The highest BCUT2D eigenvalue weighted by molar-refractivity contribution is 5.80. The lowest BCUT2D eigenvalue weighted by Crippen LogP contribution is -2.44. The largest absolute Gasteiger partial charge is 0.370 e. The van der Waals surface area contributed by atoms with Crippen LogP contribution in [0.25, 0.3) is 0 Å². The molecule has 0 aromatic rings. The third-order valence-corrected chi connectivity index (χ3v) is 2.56. The molecule has 5 heteroatoms. The number of carbonyl (C=O) groups excluding carboxylic acids is 2. The fourth-order valence-corrected chi connectivity index (χ4v) is 1.79. The SMILES string of the molecule is CC(CC(N)=O)NC(=O)[C@H]1CCCNC1. The van der Waals surface area contributed by atoms with Crippen molar-refractivity contribution in [2.75, 3.05) is 13.1 Å². The molecule has 1 heterocycles. The Hall–Kier alpha value is -1.10. The minimum absolute atomic E-state index is 0.0240. The highest BCUT2D eigenvalue weighted by atomic mass is 16.2. The molecule has 86 valence electrons. The van der Waals surface area contributed by atoms with Gasteiger partial charge in [0.1, 0.15) is 0 Å². The summed E-state index contributed by atoms with van der Waals surface area (Å²) in [5, 5.41) is 5.98. The first-order valence-electron chi connectivity index (χ1n) is 5.39. The zero-order chi connectivity index (χ0) is 11.3. The molecule has 1 aliphatic rings. The summed E-state index contributed by atoms with van der Waals surface area (Å²) in [7, 11) is 0. The van der Waals surface area contributed by atoms with Crippen molar-refractivity contribution in [3.05, 3.63) is 0 Å². The van der Waals surface area contributed by atoms with E-state index in [1.54, 1.807) is 6.92 Å². The Labute approximate surface area is 89.8 Å². The van der Waals surface area contributed by atoms with E-state index in [1.165, 1.54) is 0 Å². The summed E-state index contributed by atoms with van der Waals surface area (Å²) in [4.78, 5) is 22.3. The van der Waals surface area contributed by atoms with Crippen LogP contribution < -0.4 is 16.4 Å². The number of carbonyl (C=O) groups is 2. The Morgan fingerprint density at radius 3 is 2.87 bits per heavy atom. The Balaban J connectivity index is 2.30. The lowest BCUT2D eigenvalue weighted by Gasteiger charge is -2.23. The minimum Gasteiger partial charge on any atom is -0.370 e. The quantitative estimate of drug-likeness (QED) is 0.581. The number of hydrogen-bond donors (Lipinski definition) is 3. The first-order valence-corrected chi connectivity index (χ1v) is 5.39. The van der Waals surface area contributed by atoms with Gasteiger partial charge in [-0.05, 0) is 26.3 Å². The molecule has 0 aromatic heterocycles. The Bertz CT molecular complexity index is 237. The normalized spacial score (nSPS) is 23.1. The van der Waals surface area contributed by atoms with E-state index in [4.69, 9.17) is 5.73 Å². The summed E-state index contributed by atoms with van der Waals surface area (Å²) in [6, 6.07) is -0.170. The monoisotopic (exact) mass is 213 g/mol. The van der Waals surface area contributed by atoms with Crippen molar-refractivity contribution in [3.8, 4) is 0 Å².